The summed E-state index contributed by atoms with van der Waals surface area (Å²) in [6.07, 6.45) is 1.42. The molecule has 0 aliphatic carbocycles. The minimum atomic E-state index is -0.379. The quantitative estimate of drug-likeness (QED) is 0.656. The number of carbonyl (C=O) groups excluding carboxylic acids is 1. The Labute approximate surface area is 133 Å². The van der Waals surface area contributed by atoms with E-state index in [0.717, 1.165) is 0 Å². The highest BCUT2D eigenvalue weighted by atomic mass is 35.5. The van der Waals surface area contributed by atoms with E-state index in [-0.39, 0.29) is 12.5 Å². The third-order valence-electron chi connectivity index (χ3n) is 2.60. The van der Waals surface area contributed by atoms with Crippen molar-refractivity contribution >= 4 is 29.6 Å². The number of amides is 1. The van der Waals surface area contributed by atoms with Gasteiger partial charge in [0.15, 0.2) is 12.5 Å². The van der Waals surface area contributed by atoms with E-state index in [2.05, 4.69) is 10.5 Å². The first-order valence-electron chi connectivity index (χ1n) is 6.52. The second kappa shape index (κ2) is 7.51. The first kappa shape index (κ1) is 15.9. The van der Waals surface area contributed by atoms with Crippen LogP contribution in [0.1, 0.15) is 5.76 Å². The van der Waals surface area contributed by atoms with E-state index in [1.54, 1.807) is 30.3 Å². The fourth-order valence-corrected chi connectivity index (χ4v) is 1.74. The normalized spacial score (nSPS) is 10.7. The molecule has 1 N–H and O–H groups in total. The van der Waals surface area contributed by atoms with Gasteiger partial charge in [-0.2, -0.15) is 5.10 Å². The number of carbonyl (C=O) groups is 1. The molecule has 1 aromatic heterocycles. The van der Waals surface area contributed by atoms with Crippen molar-refractivity contribution < 1.29 is 13.9 Å². The van der Waals surface area contributed by atoms with Crippen molar-refractivity contribution in [2.75, 3.05) is 25.6 Å². The number of ether oxygens (including phenoxy) is 1. The van der Waals surface area contributed by atoms with Crippen molar-refractivity contribution in [3.05, 3.63) is 47.2 Å². The molecule has 0 spiro atoms. The number of hydrogen-bond donors (Lipinski definition) is 1. The Bertz CT molecular complexity index is 668. The van der Waals surface area contributed by atoms with Crippen molar-refractivity contribution in [3.63, 3.8) is 0 Å². The van der Waals surface area contributed by atoms with Gasteiger partial charge in [0.25, 0.3) is 5.91 Å². The van der Waals surface area contributed by atoms with E-state index in [4.69, 9.17) is 20.8 Å². The summed E-state index contributed by atoms with van der Waals surface area (Å²) in [6, 6.07) is 10.4. The number of nitrogens with zero attached hydrogens (tertiary/aromatic N) is 2. The summed E-state index contributed by atoms with van der Waals surface area (Å²) in [5.41, 5.74) is 2.35. The van der Waals surface area contributed by atoms with Gasteiger partial charge >= 0.3 is 0 Å². The lowest BCUT2D eigenvalue weighted by molar-refractivity contribution is -0.123. The molecule has 6 nitrogen and oxygen atoms in total. The zero-order valence-corrected chi connectivity index (χ0v) is 13.0. The smallest absolute Gasteiger partial charge is 0.277 e. The van der Waals surface area contributed by atoms with Gasteiger partial charge in [0, 0.05) is 25.2 Å². The van der Waals surface area contributed by atoms with Crippen LogP contribution in [-0.2, 0) is 4.79 Å². The molecule has 2 aromatic rings. The van der Waals surface area contributed by atoms with Crippen LogP contribution in [-0.4, -0.2) is 32.8 Å². The van der Waals surface area contributed by atoms with Gasteiger partial charge in [-0.3, -0.25) is 4.79 Å². The highest BCUT2D eigenvalue weighted by Crippen LogP contribution is 2.17. The van der Waals surface area contributed by atoms with Crippen LogP contribution in [0.5, 0.6) is 5.75 Å². The maximum Gasteiger partial charge on any atom is 0.277 e. The molecule has 0 atom stereocenters. The molecule has 22 heavy (non-hydrogen) atoms. The zero-order valence-electron chi connectivity index (χ0n) is 12.2. The molecule has 2 rings (SSSR count). The van der Waals surface area contributed by atoms with Gasteiger partial charge in [0.05, 0.1) is 6.21 Å². The van der Waals surface area contributed by atoms with E-state index in [9.17, 15) is 4.79 Å². The average Bonchev–Trinajstić information content (AvgIpc) is 2.94. The lowest BCUT2D eigenvalue weighted by Gasteiger charge is -2.06. The van der Waals surface area contributed by atoms with Crippen molar-refractivity contribution in [1.82, 2.24) is 5.43 Å². The number of rotatable bonds is 6. The van der Waals surface area contributed by atoms with Crippen molar-refractivity contribution in [2.45, 2.75) is 0 Å². The summed E-state index contributed by atoms with van der Waals surface area (Å²) in [4.78, 5) is 13.4. The Kier molecular flexibility index (Phi) is 5.43. The van der Waals surface area contributed by atoms with Crippen LogP contribution in [0.3, 0.4) is 0 Å². The van der Waals surface area contributed by atoms with Gasteiger partial charge in [0.2, 0.25) is 0 Å². The molecule has 1 amide bonds. The van der Waals surface area contributed by atoms with Gasteiger partial charge in [-0.15, -0.1) is 0 Å². The molecule has 0 saturated heterocycles. The predicted octanol–water partition coefficient (Wildman–Crippen LogP) is 2.53. The van der Waals surface area contributed by atoms with Crippen LogP contribution in [0.4, 0.5) is 5.88 Å². The molecule has 0 aliphatic heterocycles. The molecular formula is C15H16ClN3O3. The zero-order chi connectivity index (χ0) is 15.9. The molecular weight excluding hydrogens is 306 g/mol. The van der Waals surface area contributed by atoms with E-state index < -0.39 is 0 Å². The van der Waals surface area contributed by atoms with Crippen LogP contribution in [0.15, 0.2) is 45.9 Å². The van der Waals surface area contributed by atoms with Gasteiger partial charge < -0.3 is 14.1 Å². The largest absolute Gasteiger partial charge is 0.484 e. The average molecular weight is 322 g/mol. The number of halogens is 1. The molecule has 0 aliphatic rings. The van der Waals surface area contributed by atoms with Crippen LogP contribution >= 0.6 is 11.6 Å². The lowest BCUT2D eigenvalue weighted by atomic mass is 10.3. The summed E-state index contributed by atoms with van der Waals surface area (Å²) in [5.74, 6) is 1.39. The minimum absolute atomic E-state index is 0.154. The molecule has 116 valence electrons. The summed E-state index contributed by atoms with van der Waals surface area (Å²) in [5, 5.41) is 4.35. The molecule has 7 heteroatoms. The maximum absolute atomic E-state index is 11.6. The van der Waals surface area contributed by atoms with Gasteiger partial charge in [0.1, 0.15) is 11.5 Å². The SMILES string of the molecule is CN(C)c1ccc(/C=N/NC(=O)COc2cccc(Cl)c2)o1. The second-order valence-corrected chi connectivity index (χ2v) is 5.05. The number of furan rings is 1. The highest BCUT2D eigenvalue weighted by molar-refractivity contribution is 6.30. The summed E-state index contributed by atoms with van der Waals surface area (Å²) < 4.78 is 10.7. The van der Waals surface area contributed by atoms with E-state index in [0.29, 0.717) is 22.4 Å². The fraction of sp³-hybridized carbons (Fsp3) is 0.200. The Hall–Kier alpha value is -2.47. The molecule has 0 radical (unpaired) electrons. The van der Waals surface area contributed by atoms with Crippen molar-refractivity contribution in [3.8, 4) is 5.75 Å². The highest BCUT2D eigenvalue weighted by Gasteiger charge is 2.03. The topological polar surface area (TPSA) is 67.1 Å². The number of anilines is 1. The molecule has 1 aromatic carbocycles. The third-order valence-corrected chi connectivity index (χ3v) is 2.84. The Morgan fingerprint density at radius 3 is 2.91 bits per heavy atom. The van der Waals surface area contributed by atoms with Crippen LogP contribution < -0.4 is 15.1 Å². The van der Waals surface area contributed by atoms with Gasteiger partial charge in [-0.1, -0.05) is 17.7 Å². The summed E-state index contributed by atoms with van der Waals surface area (Å²) >= 11 is 5.82. The van der Waals surface area contributed by atoms with E-state index in [1.807, 2.05) is 25.1 Å². The van der Waals surface area contributed by atoms with Crippen molar-refractivity contribution in [2.24, 2.45) is 5.10 Å². The lowest BCUT2D eigenvalue weighted by Crippen LogP contribution is -2.24. The van der Waals surface area contributed by atoms with Crippen LogP contribution in [0.2, 0.25) is 5.02 Å². The molecule has 0 bridgehead atoms. The summed E-state index contributed by atoms with van der Waals surface area (Å²) in [6.45, 7) is -0.154. The molecule has 0 unspecified atom stereocenters. The Morgan fingerprint density at radius 2 is 2.23 bits per heavy atom. The first-order chi connectivity index (χ1) is 10.5. The monoisotopic (exact) mass is 321 g/mol. The molecule has 0 fully saturated rings. The Morgan fingerprint density at radius 1 is 1.41 bits per heavy atom. The third kappa shape index (κ3) is 4.82. The van der Waals surface area contributed by atoms with E-state index >= 15 is 0 Å². The van der Waals surface area contributed by atoms with Crippen LogP contribution in [0, 0.1) is 0 Å². The van der Waals surface area contributed by atoms with Gasteiger partial charge in [-0.25, -0.2) is 5.43 Å². The number of nitrogens with one attached hydrogen (secondary N) is 1. The van der Waals surface area contributed by atoms with Crippen molar-refractivity contribution in [1.29, 1.82) is 0 Å². The Balaban J connectivity index is 1.78. The number of benzene rings is 1. The fourth-order valence-electron chi connectivity index (χ4n) is 1.56. The number of hydrogen-bond acceptors (Lipinski definition) is 5. The standard InChI is InChI=1S/C15H16ClN3O3/c1-19(2)15-7-6-13(22-15)9-17-18-14(20)10-21-12-5-3-4-11(16)8-12/h3-9H,10H2,1-2H3,(H,18,20)/b17-9+. The predicted molar refractivity (Wildman–Crippen MR) is 85.7 cm³/mol. The first-order valence-corrected chi connectivity index (χ1v) is 6.90. The maximum atomic E-state index is 11.6. The minimum Gasteiger partial charge on any atom is -0.484 e. The van der Waals surface area contributed by atoms with Crippen LogP contribution in [0.25, 0.3) is 0 Å². The number of hydrazone groups is 1. The molecule has 1 heterocycles. The second-order valence-electron chi connectivity index (χ2n) is 4.61. The molecule has 0 saturated carbocycles. The van der Waals surface area contributed by atoms with Gasteiger partial charge in [-0.05, 0) is 24.3 Å². The van der Waals surface area contributed by atoms with E-state index in [1.165, 1.54) is 6.21 Å². The summed E-state index contributed by atoms with van der Waals surface area (Å²) in [7, 11) is 3.74.